The van der Waals surface area contributed by atoms with Gasteiger partial charge in [0, 0.05) is 51.2 Å². The number of methoxy groups -OCH3 is 3. The molecule has 2 aliphatic carbocycles. The standard InChI is InChI=1S/C31H43NO10/c1-16-11-17(2)31-21(20(13-37-4)28(35)40-27(16)24(33)15-39-6)9-8-19-12-30(42-31,22(14-38-5)26(34)25(19)31)41-29(36)23-10-7-18(3)32-23/h7-11,16,19-22,24-27,32-34H,12-15H2,1-6H3/b17-11+/t16-,19+,20-,21-,22-,24-,25+,26-,27+,30-,31+/m1/s1. The van der Waals surface area contributed by atoms with E-state index in [2.05, 4.69) is 4.98 Å². The van der Waals surface area contributed by atoms with Gasteiger partial charge in [0.05, 0.1) is 37.8 Å². The number of cyclic esters (lactones) is 1. The van der Waals surface area contributed by atoms with E-state index < -0.39 is 71.2 Å². The average molecular weight is 590 g/mol. The first-order valence-corrected chi connectivity index (χ1v) is 14.5. The van der Waals surface area contributed by atoms with Crippen molar-refractivity contribution < 1.29 is 48.2 Å². The van der Waals surface area contributed by atoms with Crippen molar-refractivity contribution in [3.05, 3.63) is 47.3 Å². The summed E-state index contributed by atoms with van der Waals surface area (Å²) in [6, 6.07) is 3.43. The van der Waals surface area contributed by atoms with Gasteiger partial charge in [-0.1, -0.05) is 25.2 Å². The number of aliphatic hydroxyl groups is 2. The number of H-pyrrole nitrogens is 1. The highest BCUT2D eigenvalue weighted by atomic mass is 16.7. The monoisotopic (exact) mass is 589 g/mol. The summed E-state index contributed by atoms with van der Waals surface area (Å²) in [6.45, 7) is 5.69. The second kappa shape index (κ2) is 11.9. The molecule has 232 valence electrons. The van der Waals surface area contributed by atoms with Crippen LogP contribution in [0.25, 0.3) is 0 Å². The van der Waals surface area contributed by atoms with Gasteiger partial charge in [-0.05, 0) is 37.5 Å². The molecule has 1 aromatic heterocycles. The summed E-state index contributed by atoms with van der Waals surface area (Å²) in [5.41, 5.74) is 0.573. The lowest BCUT2D eigenvalue weighted by Gasteiger charge is -2.67. The maximum absolute atomic E-state index is 13.9. The summed E-state index contributed by atoms with van der Waals surface area (Å²) in [5.74, 6) is -6.00. The number of aromatic nitrogens is 1. The van der Waals surface area contributed by atoms with Crippen LogP contribution >= 0.6 is 0 Å². The number of aliphatic hydroxyl groups excluding tert-OH is 2. The topological polar surface area (TPSA) is 146 Å². The first kappa shape index (κ1) is 30.9. The molecule has 0 amide bonds. The van der Waals surface area contributed by atoms with Crippen LogP contribution in [0, 0.1) is 42.4 Å². The predicted molar refractivity (Wildman–Crippen MR) is 149 cm³/mol. The fourth-order valence-electron chi connectivity index (χ4n) is 7.86. The number of allylic oxidation sites excluding steroid dienone is 1. The fourth-order valence-corrected chi connectivity index (χ4v) is 7.86. The lowest BCUT2D eigenvalue weighted by Crippen LogP contribution is -2.76. The summed E-state index contributed by atoms with van der Waals surface area (Å²) in [5, 5.41) is 22.9. The molecule has 0 aromatic carbocycles. The lowest BCUT2D eigenvalue weighted by atomic mass is 9.50. The molecule has 3 fully saturated rings. The fraction of sp³-hybridized carbons (Fsp3) is 0.677. The summed E-state index contributed by atoms with van der Waals surface area (Å²) in [4.78, 5) is 30.4. The molecular weight excluding hydrogens is 546 g/mol. The number of carbonyl (C=O) groups excluding carboxylic acids is 2. The molecular formula is C31H43NO10. The van der Waals surface area contributed by atoms with Crippen molar-refractivity contribution in [2.45, 2.75) is 56.9 Å². The van der Waals surface area contributed by atoms with Crippen LogP contribution in [0.15, 0.2) is 35.9 Å². The normalized spacial score (nSPS) is 41.0. The smallest absolute Gasteiger partial charge is 0.357 e. The number of carbonyl (C=O) groups is 2. The highest BCUT2D eigenvalue weighted by Gasteiger charge is 2.73. The van der Waals surface area contributed by atoms with Crippen LogP contribution in [0.5, 0.6) is 0 Å². The minimum absolute atomic E-state index is 0.0111. The Morgan fingerprint density at radius 1 is 1.14 bits per heavy atom. The zero-order valence-electron chi connectivity index (χ0n) is 25.1. The third-order valence-electron chi connectivity index (χ3n) is 9.59. The molecule has 42 heavy (non-hydrogen) atoms. The Morgan fingerprint density at radius 3 is 2.52 bits per heavy atom. The van der Waals surface area contributed by atoms with Crippen LogP contribution in [-0.4, -0.2) is 98.0 Å². The maximum Gasteiger partial charge on any atom is 0.357 e. The molecule has 11 heteroatoms. The number of hydrogen-bond donors (Lipinski definition) is 3. The first-order valence-electron chi connectivity index (χ1n) is 14.5. The van der Waals surface area contributed by atoms with Crippen molar-refractivity contribution >= 4 is 11.9 Å². The minimum atomic E-state index is -1.56. The van der Waals surface area contributed by atoms with E-state index >= 15 is 0 Å². The molecule has 4 bridgehead atoms. The van der Waals surface area contributed by atoms with Crippen molar-refractivity contribution in [1.82, 2.24) is 4.98 Å². The Kier molecular flexibility index (Phi) is 8.73. The number of rotatable bonds is 9. The molecule has 3 aliphatic heterocycles. The molecule has 0 radical (unpaired) electrons. The largest absolute Gasteiger partial charge is 0.459 e. The summed E-state index contributed by atoms with van der Waals surface area (Å²) in [7, 11) is 4.50. The Hall–Kier alpha value is -2.54. The molecule has 11 nitrogen and oxygen atoms in total. The third kappa shape index (κ3) is 4.93. The van der Waals surface area contributed by atoms with Crippen molar-refractivity contribution in [3.63, 3.8) is 0 Å². The van der Waals surface area contributed by atoms with E-state index in [1.807, 2.05) is 39.0 Å². The molecule has 11 atom stereocenters. The molecule has 1 saturated carbocycles. The predicted octanol–water partition coefficient (Wildman–Crippen LogP) is 2.17. The van der Waals surface area contributed by atoms with Gasteiger partial charge < -0.3 is 43.6 Å². The van der Waals surface area contributed by atoms with E-state index in [1.54, 1.807) is 12.1 Å². The summed E-state index contributed by atoms with van der Waals surface area (Å²) >= 11 is 0. The molecule has 2 saturated heterocycles. The highest BCUT2D eigenvalue weighted by molar-refractivity contribution is 5.87. The highest BCUT2D eigenvalue weighted by Crippen LogP contribution is 2.64. The number of ether oxygens (including phenoxy) is 6. The van der Waals surface area contributed by atoms with Crippen molar-refractivity contribution in [3.8, 4) is 0 Å². The van der Waals surface area contributed by atoms with Gasteiger partial charge >= 0.3 is 11.9 Å². The Labute approximate surface area is 246 Å². The van der Waals surface area contributed by atoms with Crippen molar-refractivity contribution in [1.29, 1.82) is 0 Å². The van der Waals surface area contributed by atoms with Crippen LogP contribution in [-0.2, 0) is 33.2 Å². The molecule has 3 N–H and O–H groups in total. The molecule has 0 unspecified atom stereocenters. The van der Waals surface area contributed by atoms with E-state index in [-0.39, 0.29) is 31.4 Å². The number of nitrogens with one attached hydrogen (secondary N) is 1. The van der Waals surface area contributed by atoms with Crippen LogP contribution < -0.4 is 0 Å². The number of hydrogen-bond acceptors (Lipinski definition) is 10. The number of fused-ring (bicyclic) bond motifs is 1. The number of aromatic amines is 1. The van der Waals surface area contributed by atoms with E-state index in [9.17, 15) is 19.8 Å². The minimum Gasteiger partial charge on any atom is -0.459 e. The van der Waals surface area contributed by atoms with Crippen LogP contribution in [0.2, 0.25) is 0 Å². The van der Waals surface area contributed by atoms with E-state index in [1.165, 1.54) is 21.3 Å². The number of esters is 2. The Bertz CT molecular complexity index is 1230. The van der Waals surface area contributed by atoms with E-state index in [0.29, 0.717) is 6.42 Å². The second-order valence-corrected chi connectivity index (χ2v) is 12.2. The van der Waals surface area contributed by atoms with Crippen molar-refractivity contribution in [2.75, 3.05) is 41.2 Å². The molecule has 6 rings (SSSR count). The molecule has 1 aromatic rings. The van der Waals surface area contributed by atoms with Gasteiger partial charge in [0.15, 0.2) is 0 Å². The van der Waals surface area contributed by atoms with Crippen LogP contribution in [0.4, 0.5) is 0 Å². The van der Waals surface area contributed by atoms with Crippen LogP contribution in [0.3, 0.4) is 0 Å². The lowest BCUT2D eigenvalue weighted by molar-refractivity contribution is -0.399. The van der Waals surface area contributed by atoms with Gasteiger partial charge in [-0.2, -0.15) is 0 Å². The summed E-state index contributed by atoms with van der Waals surface area (Å²) < 4.78 is 35.6. The SMILES string of the molecule is COC[C@@H](O)[C@H]1OC(=O)[C@H](COC)[C@H]2C=C[C@H]3C[C@@]4(OC(=O)c5ccc(C)[nH]5)O[C@]2(/C(C)=C/[C@H]1C)[C@@H]3[C@H](O)[C@H]4COC. The molecule has 1 spiro atoms. The van der Waals surface area contributed by atoms with Gasteiger partial charge in [0.1, 0.15) is 23.5 Å². The third-order valence-corrected chi connectivity index (χ3v) is 9.59. The maximum atomic E-state index is 13.9. The Morgan fingerprint density at radius 2 is 1.88 bits per heavy atom. The first-order chi connectivity index (χ1) is 20.0. The second-order valence-electron chi connectivity index (χ2n) is 12.2. The Balaban J connectivity index is 1.67. The van der Waals surface area contributed by atoms with Crippen LogP contribution in [0.1, 0.15) is 36.5 Å². The summed E-state index contributed by atoms with van der Waals surface area (Å²) in [6.07, 6.45) is 3.23. The molecule has 4 heterocycles. The average Bonchev–Trinajstić information content (AvgIpc) is 3.39. The van der Waals surface area contributed by atoms with Crippen molar-refractivity contribution in [2.24, 2.45) is 35.5 Å². The molecule has 5 aliphatic rings. The van der Waals surface area contributed by atoms with Gasteiger partial charge in [-0.15, -0.1) is 0 Å². The van der Waals surface area contributed by atoms with E-state index in [0.717, 1.165) is 11.3 Å². The van der Waals surface area contributed by atoms with Gasteiger partial charge in [-0.25, -0.2) is 4.79 Å². The number of aryl methyl sites for hydroxylation is 1. The van der Waals surface area contributed by atoms with Gasteiger partial charge in [0.25, 0.3) is 0 Å². The van der Waals surface area contributed by atoms with E-state index in [4.69, 9.17) is 28.4 Å². The zero-order chi connectivity index (χ0) is 30.4. The van der Waals surface area contributed by atoms with Gasteiger partial charge in [-0.3, -0.25) is 4.79 Å². The quantitative estimate of drug-likeness (QED) is 0.289. The zero-order valence-corrected chi connectivity index (χ0v) is 25.1. The van der Waals surface area contributed by atoms with Gasteiger partial charge in [0.2, 0.25) is 5.79 Å².